The molecule has 5 heteroatoms. The minimum atomic E-state index is 0.650. The number of nitrogens with zero attached hydrogens (tertiary/aromatic N) is 2. The highest BCUT2D eigenvalue weighted by Gasteiger charge is 2.08. The fourth-order valence-corrected chi connectivity index (χ4v) is 2.27. The molecule has 0 amide bonds. The largest absolute Gasteiger partial charge is 0.259 e. The van der Waals surface area contributed by atoms with Gasteiger partial charge in [0, 0.05) is 14.7 Å². The topological polar surface area (TPSA) is 41.6 Å². The van der Waals surface area contributed by atoms with Crippen molar-refractivity contribution in [3.8, 4) is 22.8 Å². The summed E-state index contributed by atoms with van der Waals surface area (Å²) in [6.07, 6.45) is 0. The van der Waals surface area contributed by atoms with Gasteiger partial charge in [0.25, 0.3) is 0 Å². The van der Waals surface area contributed by atoms with Crippen molar-refractivity contribution in [3.05, 3.63) is 57.1 Å². The highest BCUT2D eigenvalue weighted by molar-refractivity contribution is 14.1. The maximum absolute atomic E-state index is 6.11. The van der Waals surface area contributed by atoms with Gasteiger partial charge in [0.05, 0.1) is 5.02 Å². The summed E-state index contributed by atoms with van der Waals surface area (Å²) in [4.78, 5) is 4.49. The van der Waals surface area contributed by atoms with Crippen molar-refractivity contribution >= 4 is 34.2 Å². The highest BCUT2D eigenvalue weighted by Crippen LogP contribution is 2.25. The molecule has 0 aliphatic heterocycles. The van der Waals surface area contributed by atoms with Crippen molar-refractivity contribution in [2.45, 2.75) is 0 Å². The first-order valence-corrected chi connectivity index (χ1v) is 7.13. The van der Waals surface area contributed by atoms with E-state index < -0.39 is 0 Å². The molecular weight excluding hydrogens is 373 g/mol. The average Bonchev–Trinajstić information content (AvgIpc) is 2.93. The summed E-state index contributed by atoms with van der Waals surface area (Å²) in [6, 6.07) is 15.7. The van der Waals surface area contributed by atoms with E-state index in [1.807, 2.05) is 48.5 Å². The van der Waals surface area contributed by atoms with Crippen LogP contribution in [0.5, 0.6) is 0 Å². The fourth-order valence-electron chi connectivity index (χ4n) is 1.75. The van der Waals surface area contributed by atoms with E-state index in [-0.39, 0.29) is 0 Å². The fraction of sp³-hybridized carbons (Fsp3) is 0. The molecule has 0 unspecified atom stereocenters. The lowest BCUT2D eigenvalue weighted by Gasteiger charge is -1.98. The highest BCUT2D eigenvalue weighted by atomic mass is 127. The Morgan fingerprint density at radius 1 is 1.00 bits per heavy atom. The Morgan fingerprint density at radius 3 is 2.53 bits per heavy atom. The van der Waals surface area contributed by atoms with E-state index in [9.17, 15) is 0 Å². The van der Waals surface area contributed by atoms with Crippen LogP contribution in [0, 0.1) is 3.57 Å². The van der Waals surface area contributed by atoms with E-state index in [1.165, 1.54) is 0 Å². The molecule has 1 N–H and O–H groups in total. The Hall–Kier alpha value is -1.40. The third-order valence-electron chi connectivity index (χ3n) is 2.71. The number of H-pyrrole nitrogens is 1. The molecule has 0 fully saturated rings. The van der Waals surface area contributed by atoms with Gasteiger partial charge in [-0.1, -0.05) is 41.9 Å². The second-order valence-electron chi connectivity index (χ2n) is 4.00. The summed E-state index contributed by atoms with van der Waals surface area (Å²) in [7, 11) is 0. The summed E-state index contributed by atoms with van der Waals surface area (Å²) in [5, 5.41) is 7.90. The van der Waals surface area contributed by atoms with Crippen LogP contribution < -0.4 is 0 Å². The lowest BCUT2D eigenvalue weighted by molar-refractivity contribution is 1.10. The van der Waals surface area contributed by atoms with Crippen molar-refractivity contribution in [2.75, 3.05) is 0 Å². The van der Waals surface area contributed by atoms with Crippen molar-refractivity contribution in [1.82, 2.24) is 15.2 Å². The van der Waals surface area contributed by atoms with Gasteiger partial charge in [0.2, 0.25) is 0 Å². The van der Waals surface area contributed by atoms with Gasteiger partial charge in [-0.25, -0.2) is 4.98 Å². The first kappa shape index (κ1) is 12.6. The third kappa shape index (κ3) is 2.64. The summed E-state index contributed by atoms with van der Waals surface area (Å²) < 4.78 is 1.02. The monoisotopic (exact) mass is 381 g/mol. The minimum absolute atomic E-state index is 0.650. The Kier molecular flexibility index (Phi) is 3.52. The first-order valence-electron chi connectivity index (χ1n) is 5.67. The van der Waals surface area contributed by atoms with Crippen molar-refractivity contribution in [1.29, 1.82) is 0 Å². The molecular formula is C14H9ClIN3. The van der Waals surface area contributed by atoms with E-state index >= 15 is 0 Å². The molecule has 0 aliphatic rings. The Morgan fingerprint density at radius 2 is 1.79 bits per heavy atom. The van der Waals surface area contributed by atoms with Gasteiger partial charge >= 0.3 is 0 Å². The van der Waals surface area contributed by atoms with Crippen LogP contribution in [0.15, 0.2) is 48.5 Å². The van der Waals surface area contributed by atoms with E-state index in [0.29, 0.717) is 10.8 Å². The molecule has 3 nitrogen and oxygen atoms in total. The number of halogens is 2. The van der Waals surface area contributed by atoms with E-state index in [1.54, 1.807) is 0 Å². The molecule has 3 rings (SSSR count). The molecule has 0 saturated heterocycles. The SMILES string of the molecule is Clc1cc(-c2n[nH]c(-c3ccccc3)n2)ccc1I. The van der Waals surface area contributed by atoms with E-state index in [4.69, 9.17) is 11.6 Å². The Bertz CT molecular complexity index is 710. The molecule has 1 aromatic heterocycles. The van der Waals surface area contributed by atoms with Crippen molar-refractivity contribution in [3.63, 3.8) is 0 Å². The molecule has 0 bridgehead atoms. The van der Waals surface area contributed by atoms with Crippen LogP contribution in [0.1, 0.15) is 0 Å². The summed E-state index contributed by atoms with van der Waals surface area (Å²) in [5.41, 5.74) is 1.92. The van der Waals surface area contributed by atoms with Crippen LogP contribution in [0.3, 0.4) is 0 Å². The van der Waals surface area contributed by atoms with Crippen LogP contribution in [0.25, 0.3) is 22.8 Å². The predicted molar refractivity (Wildman–Crippen MR) is 85.0 cm³/mol. The number of aromatic nitrogens is 3. The summed E-state index contributed by atoms with van der Waals surface area (Å²) in [6.45, 7) is 0. The molecule has 0 saturated carbocycles. The normalized spacial score (nSPS) is 10.6. The molecule has 1 heterocycles. The predicted octanol–water partition coefficient (Wildman–Crippen LogP) is 4.40. The van der Waals surface area contributed by atoms with Crippen molar-refractivity contribution in [2.24, 2.45) is 0 Å². The van der Waals surface area contributed by atoms with Gasteiger partial charge in [-0.05, 0) is 40.8 Å². The van der Waals surface area contributed by atoms with Crippen LogP contribution in [0.2, 0.25) is 5.02 Å². The smallest absolute Gasteiger partial charge is 0.181 e. The quantitative estimate of drug-likeness (QED) is 0.669. The van der Waals surface area contributed by atoms with Gasteiger partial charge in [0.1, 0.15) is 0 Å². The van der Waals surface area contributed by atoms with Crippen LogP contribution in [-0.2, 0) is 0 Å². The number of aromatic amines is 1. The second kappa shape index (κ2) is 5.30. The number of rotatable bonds is 2. The van der Waals surface area contributed by atoms with Gasteiger partial charge in [-0.3, -0.25) is 5.10 Å². The van der Waals surface area contributed by atoms with Gasteiger partial charge < -0.3 is 0 Å². The maximum atomic E-state index is 6.11. The molecule has 94 valence electrons. The van der Waals surface area contributed by atoms with Crippen LogP contribution in [0.4, 0.5) is 0 Å². The lowest BCUT2D eigenvalue weighted by atomic mass is 10.2. The average molecular weight is 382 g/mol. The van der Waals surface area contributed by atoms with Crippen molar-refractivity contribution < 1.29 is 0 Å². The Balaban J connectivity index is 1.99. The lowest BCUT2D eigenvalue weighted by Crippen LogP contribution is -1.83. The molecule has 0 spiro atoms. The molecule has 0 aliphatic carbocycles. The Labute approximate surface area is 129 Å². The van der Waals surface area contributed by atoms with Crippen LogP contribution >= 0.6 is 34.2 Å². The van der Waals surface area contributed by atoms with E-state index in [0.717, 1.165) is 20.5 Å². The second-order valence-corrected chi connectivity index (χ2v) is 5.57. The first-order chi connectivity index (χ1) is 9.24. The standard InChI is InChI=1S/C14H9ClIN3/c15-11-8-10(6-7-12(11)16)14-17-13(18-19-14)9-4-2-1-3-5-9/h1-8H,(H,17,18,19). The number of hydrogen-bond donors (Lipinski definition) is 1. The number of hydrogen-bond acceptors (Lipinski definition) is 2. The minimum Gasteiger partial charge on any atom is -0.259 e. The molecule has 19 heavy (non-hydrogen) atoms. The molecule has 3 aromatic rings. The number of benzene rings is 2. The zero-order valence-electron chi connectivity index (χ0n) is 9.77. The molecule has 0 atom stereocenters. The van der Waals surface area contributed by atoms with E-state index in [2.05, 4.69) is 37.8 Å². The van der Waals surface area contributed by atoms with Crippen LogP contribution in [-0.4, -0.2) is 15.2 Å². The zero-order valence-corrected chi connectivity index (χ0v) is 12.7. The summed E-state index contributed by atoms with van der Waals surface area (Å²) in [5.74, 6) is 1.41. The van der Waals surface area contributed by atoms with Gasteiger partial charge in [0.15, 0.2) is 11.6 Å². The third-order valence-corrected chi connectivity index (χ3v) is 4.28. The zero-order chi connectivity index (χ0) is 13.2. The van der Waals surface area contributed by atoms with Gasteiger partial charge in [-0.2, -0.15) is 5.10 Å². The molecule has 0 radical (unpaired) electrons. The number of nitrogens with one attached hydrogen (secondary N) is 1. The summed E-state index contributed by atoms with van der Waals surface area (Å²) >= 11 is 8.31. The molecule has 2 aromatic carbocycles. The maximum Gasteiger partial charge on any atom is 0.181 e. The van der Waals surface area contributed by atoms with Gasteiger partial charge in [-0.15, -0.1) is 0 Å².